The van der Waals surface area contributed by atoms with Crippen molar-refractivity contribution in [3.63, 3.8) is 0 Å². The normalized spacial score (nSPS) is 13.1. The Bertz CT molecular complexity index is 1450. The molecule has 10 nitrogen and oxygen atoms in total. The number of alkyl carbamates (subject to hydrolysis) is 1. The molecule has 2 amide bonds. The molecule has 244 valence electrons. The highest BCUT2D eigenvalue weighted by molar-refractivity contribution is 7.89. The van der Waals surface area contributed by atoms with Gasteiger partial charge in [-0.05, 0) is 48.1 Å². The van der Waals surface area contributed by atoms with Crippen molar-refractivity contribution in [1.82, 2.24) is 14.9 Å². The van der Waals surface area contributed by atoms with Crippen molar-refractivity contribution in [3.8, 4) is 0 Å². The Morgan fingerprint density at radius 3 is 2.09 bits per heavy atom. The van der Waals surface area contributed by atoms with Gasteiger partial charge in [-0.2, -0.15) is 4.31 Å². The quantitative estimate of drug-likeness (QED) is 0.135. The number of sulfonamides is 1. The predicted molar refractivity (Wildman–Crippen MR) is 171 cm³/mol. The minimum absolute atomic E-state index is 0.0619. The molecule has 0 radical (unpaired) electrons. The van der Waals surface area contributed by atoms with Crippen molar-refractivity contribution < 1.29 is 32.2 Å². The summed E-state index contributed by atoms with van der Waals surface area (Å²) in [7, 11) is -2.90. The summed E-state index contributed by atoms with van der Waals surface area (Å²) in [5.41, 5.74) is 7.04. The Hall–Kier alpha value is -4.00. The van der Waals surface area contributed by atoms with Gasteiger partial charge in [-0.1, -0.05) is 80.9 Å². The third-order valence-electron chi connectivity index (χ3n) is 7.40. The number of carbonyl (C=O) groups is 2. The van der Waals surface area contributed by atoms with Crippen molar-refractivity contribution in [2.75, 3.05) is 32.5 Å². The summed E-state index contributed by atoms with van der Waals surface area (Å²) >= 11 is 0. The average molecular weight is 643 g/mol. The lowest BCUT2D eigenvalue weighted by Gasteiger charge is -2.31. The van der Waals surface area contributed by atoms with Gasteiger partial charge in [0.15, 0.2) is 0 Å². The van der Waals surface area contributed by atoms with E-state index in [-0.39, 0.29) is 29.6 Å². The second-order valence-electron chi connectivity index (χ2n) is 11.2. The lowest BCUT2D eigenvalue weighted by molar-refractivity contribution is -0.123. The lowest BCUT2D eigenvalue weighted by atomic mass is 9.84. The molecule has 5 N–H and O–H groups in total. The number of halogens is 1. The number of ether oxygens (including phenoxy) is 1. The number of rotatable bonds is 16. The summed E-state index contributed by atoms with van der Waals surface area (Å²) in [6.45, 7) is 3.64. The van der Waals surface area contributed by atoms with E-state index in [0.717, 1.165) is 17.2 Å². The summed E-state index contributed by atoms with van der Waals surface area (Å²) in [5.74, 6) is -1.81. The van der Waals surface area contributed by atoms with Gasteiger partial charge in [0.2, 0.25) is 15.9 Å². The van der Waals surface area contributed by atoms with E-state index >= 15 is 0 Å². The SMILES string of the molecule is COC(=O)NC(C(=O)NCCCCC(CO)N(CC(C)C)S(=O)(=O)c1ccc(N)c(F)c1)C(c1ccccc1)c1ccccc1. The zero-order valence-electron chi connectivity index (χ0n) is 25.9. The number of hydrogen-bond acceptors (Lipinski definition) is 7. The van der Waals surface area contributed by atoms with Gasteiger partial charge in [-0.25, -0.2) is 17.6 Å². The molecule has 0 saturated carbocycles. The fourth-order valence-corrected chi connectivity index (χ4v) is 6.97. The van der Waals surface area contributed by atoms with Gasteiger partial charge >= 0.3 is 6.09 Å². The molecule has 0 spiro atoms. The molecule has 0 heterocycles. The number of benzene rings is 3. The molecule has 12 heteroatoms. The van der Waals surface area contributed by atoms with Crippen molar-refractivity contribution in [3.05, 3.63) is 95.8 Å². The van der Waals surface area contributed by atoms with Crippen molar-refractivity contribution in [1.29, 1.82) is 0 Å². The Labute approximate surface area is 264 Å². The topological polar surface area (TPSA) is 151 Å². The molecule has 2 unspecified atom stereocenters. The van der Waals surface area contributed by atoms with E-state index in [1.165, 1.54) is 23.5 Å². The largest absolute Gasteiger partial charge is 0.453 e. The van der Waals surface area contributed by atoms with Gasteiger partial charge in [0.1, 0.15) is 11.9 Å². The first kappa shape index (κ1) is 35.5. The first-order valence-corrected chi connectivity index (χ1v) is 16.3. The van der Waals surface area contributed by atoms with Crippen LogP contribution in [-0.4, -0.2) is 68.7 Å². The number of unbranched alkanes of at least 4 members (excludes halogenated alkanes) is 1. The Kier molecular flexibility index (Phi) is 13.3. The molecule has 0 saturated heterocycles. The van der Waals surface area contributed by atoms with Crippen LogP contribution in [0.5, 0.6) is 0 Å². The highest BCUT2D eigenvalue weighted by Gasteiger charge is 2.34. The van der Waals surface area contributed by atoms with Gasteiger partial charge in [0.05, 0.1) is 24.3 Å². The van der Waals surface area contributed by atoms with Crippen LogP contribution in [0.1, 0.15) is 50.2 Å². The second-order valence-corrected chi connectivity index (χ2v) is 13.1. The molecular weight excluding hydrogens is 599 g/mol. The van der Waals surface area contributed by atoms with E-state index in [4.69, 9.17) is 10.5 Å². The van der Waals surface area contributed by atoms with Crippen LogP contribution in [0.15, 0.2) is 83.8 Å². The maximum atomic E-state index is 14.1. The number of aliphatic hydroxyl groups is 1. The van der Waals surface area contributed by atoms with Crippen LogP contribution in [0.4, 0.5) is 14.9 Å². The molecular formula is C33H43FN4O6S. The van der Waals surface area contributed by atoms with E-state index in [9.17, 15) is 27.5 Å². The molecule has 3 aromatic carbocycles. The van der Waals surface area contributed by atoms with Crippen LogP contribution in [0.3, 0.4) is 0 Å². The summed E-state index contributed by atoms with van der Waals surface area (Å²) in [5, 5.41) is 15.8. The van der Waals surface area contributed by atoms with E-state index in [1.807, 2.05) is 74.5 Å². The maximum absolute atomic E-state index is 14.1. The molecule has 0 aliphatic heterocycles. The lowest BCUT2D eigenvalue weighted by Crippen LogP contribution is -2.50. The summed E-state index contributed by atoms with van der Waals surface area (Å²) in [6, 6.07) is 20.4. The summed E-state index contributed by atoms with van der Waals surface area (Å²) in [4.78, 5) is 25.6. The number of anilines is 1. The Morgan fingerprint density at radius 2 is 1.58 bits per heavy atom. The molecule has 0 aliphatic rings. The molecule has 0 bridgehead atoms. The minimum Gasteiger partial charge on any atom is -0.453 e. The van der Waals surface area contributed by atoms with Gasteiger partial charge in [-0.15, -0.1) is 0 Å². The summed E-state index contributed by atoms with van der Waals surface area (Å²) < 4.78 is 47.2. The van der Waals surface area contributed by atoms with Crippen LogP contribution in [0.2, 0.25) is 0 Å². The standard InChI is InChI=1S/C33H43FN4O6S/c1-23(2)21-38(45(42,43)27-17-18-29(35)28(34)20-27)26(22-39)16-10-11-19-36-32(40)31(37-33(41)44-3)30(24-12-6-4-7-13-24)25-14-8-5-9-15-25/h4-9,12-15,17-18,20,23,26,30-31,39H,10-11,16,19,21-22,35H2,1-3H3,(H,36,40)(H,37,41). The van der Waals surface area contributed by atoms with Crippen LogP contribution in [0, 0.1) is 11.7 Å². The number of methoxy groups -OCH3 is 1. The molecule has 3 aromatic rings. The number of amides is 2. The first-order chi connectivity index (χ1) is 21.5. The number of nitrogens with one attached hydrogen (secondary N) is 2. The zero-order chi connectivity index (χ0) is 33.0. The Morgan fingerprint density at radius 1 is 0.978 bits per heavy atom. The Balaban J connectivity index is 1.71. The summed E-state index contributed by atoms with van der Waals surface area (Å²) in [6.07, 6.45) is 0.503. The van der Waals surface area contributed by atoms with E-state index < -0.39 is 52.4 Å². The molecule has 2 atom stereocenters. The number of aliphatic hydroxyl groups excluding tert-OH is 1. The fourth-order valence-electron chi connectivity index (χ4n) is 5.14. The zero-order valence-corrected chi connectivity index (χ0v) is 26.7. The first-order valence-electron chi connectivity index (χ1n) is 14.9. The molecule has 0 aromatic heterocycles. The number of hydrogen-bond donors (Lipinski definition) is 4. The molecule has 45 heavy (non-hydrogen) atoms. The highest BCUT2D eigenvalue weighted by Crippen LogP contribution is 2.29. The van der Waals surface area contributed by atoms with E-state index in [2.05, 4.69) is 10.6 Å². The number of nitrogen functional groups attached to an aromatic ring is 1. The number of nitrogens with two attached hydrogens (primary N) is 1. The third-order valence-corrected chi connectivity index (χ3v) is 9.31. The molecule has 0 fully saturated rings. The number of nitrogens with zero attached hydrogens (tertiary/aromatic N) is 1. The molecule has 0 aliphatic carbocycles. The maximum Gasteiger partial charge on any atom is 0.407 e. The van der Waals surface area contributed by atoms with Gasteiger partial charge < -0.3 is 26.2 Å². The van der Waals surface area contributed by atoms with Crippen LogP contribution in [-0.2, 0) is 19.6 Å². The van der Waals surface area contributed by atoms with Crippen LogP contribution in [0.25, 0.3) is 0 Å². The van der Waals surface area contributed by atoms with Gasteiger partial charge in [0.25, 0.3) is 0 Å². The van der Waals surface area contributed by atoms with Gasteiger partial charge in [0, 0.05) is 25.0 Å². The fraction of sp³-hybridized carbons (Fsp3) is 0.394. The van der Waals surface area contributed by atoms with Crippen LogP contribution >= 0.6 is 0 Å². The van der Waals surface area contributed by atoms with Crippen molar-refractivity contribution >= 4 is 27.7 Å². The van der Waals surface area contributed by atoms with Crippen molar-refractivity contribution in [2.45, 2.75) is 56.0 Å². The highest BCUT2D eigenvalue weighted by atomic mass is 32.2. The van der Waals surface area contributed by atoms with Crippen LogP contribution < -0.4 is 16.4 Å². The average Bonchev–Trinajstić information content (AvgIpc) is 3.03. The number of carbonyl (C=O) groups excluding carboxylic acids is 2. The van der Waals surface area contributed by atoms with Crippen molar-refractivity contribution in [2.24, 2.45) is 5.92 Å². The van der Waals surface area contributed by atoms with E-state index in [1.54, 1.807) is 0 Å². The minimum atomic E-state index is -4.13. The predicted octanol–water partition coefficient (Wildman–Crippen LogP) is 4.26. The monoisotopic (exact) mass is 642 g/mol. The molecule has 3 rings (SSSR count). The third kappa shape index (κ3) is 9.74. The van der Waals surface area contributed by atoms with Gasteiger partial charge in [-0.3, -0.25) is 4.79 Å². The van der Waals surface area contributed by atoms with E-state index in [0.29, 0.717) is 19.3 Å². The second kappa shape index (κ2) is 16.9. The smallest absolute Gasteiger partial charge is 0.407 e.